The number of aromatic nitrogens is 4. The maximum absolute atomic E-state index is 11.3. The van der Waals surface area contributed by atoms with Crippen LogP contribution in [-0.2, 0) is 0 Å². The fraction of sp³-hybridized carbons (Fsp3) is 0. The molecule has 0 aliphatic heterocycles. The molecule has 0 bridgehead atoms. The number of hydrogen-bond acceptors (Lipinski definition) is 5. The minimum absolute atomic E-state index is 0.107. The summed E-state index contributed by atoms with van der Waals surface area (Å²) in [6.45, 7) is 0. The third-order valence-electron chi connectivity index (χ3n) is 3.02. The van der Waals surface area contributed by atoms with Crippen molar-refractivity contribution in [3.63, 3.8) is 0 Å². The molecule has 0 amide bonds. The van der Waals surface area contributed by atoms with Gasteiger partial charge in [-0.25, -0.2) is 4.79 Å². The zero-order chi connectivity index (χ0) is 14.8. The molecule has 0 atom stereocenters. The lowest BCUT2D eigenvalue weighted by Gasteiger charge is -2.06. The SMILES string of the molecule is Nc1c(-c2ccncc2)nnn1-c1ccccc1C(=O)O. The highest BCUT2D eigenvalue weighted by Crippen LogP contribution is 2.25. The first-order valence-electron chi connectivity index (χ1n) is 6.12. The number of nitrogens with two attached hydrogens (primary N) is 1. The molecule has 3 rings (SSSR count). The van der Waals surface area contributed by atoms with Gasteiger partial charge in [-0.2, -0.15) is 4.68 Å². The number of carbonyl (C=O) groups is 1. The normalized spacial score (nSPS) is 10.5. The van der Waals surface area contributed by atoms with E-state index >= 15 is 0 Å². The number of rotatable bonds is 3. The molecule has 0 fully saturated rings. The van der Waals surface area contributed by atoms with Crippen molar-refractivity contribution in [2.24, 2.45) is 0 Å². The predicted octanol–water partition coefficient (Wildman–Crippen LogP) is 1.61. The molecular formula is C14H11N5O2. The Labute approximate surface area is 119 Å². The molecule has 104 valence electrons. The number of hydrogen-bond donors (Lipinski definition) is 2. The van der Waals surface area contributed by atoms with Gasteiger partial charge in [0, 0.05) is 18.0 Å². The molecule has 0 aliphatic rings. The van der Waals surface area contributed by atoms with E-state index in [1.165, 1.54) is 10.7 Å². The summed E-state index contributed by atoms with van der Waals surface area (Å²) in [4.78, 5) is 15.2. The summed E-state index contributed by atoms with van der Waals surface area (Å²) in [5, 5.41) is 17.2. The van der Waals surface area contributed by atoms with Gasteiger partial charge in [-0.3, -0.25) is 4.98 Å². The first-order valence-corrected chi connectivity index (χ1v) is 6.12. The van der Waals surface area contributed by atoms with Gasteiger partial charge in [0.25, 0.3) is 0 Å². The van der Waals surface area contributed by atoms with E-state index in [4.69, 9.17) is 5.73 Å². The van der Waals surface area contributed by atoms with Crippen molar-refractivity contribution in [3.05, 3.63) is 54.4 Å². The standard InChI is InChI=1S/C14H11N5O2/c15-13-12(9-5-7-16-8-6-9)17-18-19(13)11-4-2-1-3-10(11)14(20)21/h1-8H,15H2,(H,20,21). The maximum atomic E-state index is 11.3. The van der Waals surface area contributed by atoms with E-state index < -0.39 is 5.97 Å². The second kappa shape index (κ2) is 5.04. The Morgan fingerprint density at radius 2 is 1.86 bits per heavy atom. The summed E-state index contributed by atoms with van der Waals surface area (Å²) in [7, 11) is 0. The van der Waals surface area contributed by atoms with E-state index in [9.17, 15) is 9.90 Å². The zero-order valence-electron chi connectivity index (χ0n) is 10.8. The van der Waals surface area contributed by atoms with Gasteiger partial charge in [-0.1, -0.05) is 17.3 Å². The number of anilines is 1. The Bertz CT molecular complexity index is 798. The van der Waals surface area contributed by atoms with Crippen molar-refractivity contribution in [2.45, 2.75) is 0 Å². The first kappa shape index (κ1) is 12.8. The van der Waals surface area contributed by atoms with Crippen LogP contribution < -0.4 is 5.73 Å². The highest BCUT2D eigenvalue weighted by Gasteiger charge is 2.17. The van der Waals surface area contributed by atoms with Gasteiger partial charge >= 0.3 is 5.97 Å². The minimum atomic E-state index is -1.05. The Balaban J connectivity index is 2.14. The fourth-order valence-corrected chi connectivity index (χ4v) is 2.02. The third-order valence-corrected chi connectivity index (χ3v) is 3.02. The summed E-state index contributed by atoms with van der Waals surface area (Å²) in [5.41, 5.74) is 7.79. The van der Waals surface area contributed by atoms with E-state index in [1.54, 1.807) is 42.7 Å². The average Bonchev–Trinajstić information content (AvgIpc) is 2.89. The lowest BCUT2D eigenvalue weighted by atomic mass is 10.1. The number of benzene rings is 1. The Kier molecular flexibility index (Phi) is 3.07. The number of pyridine rings is 1. The van der Waals surface area contributed by atoms with Gasteiger partial charge in [0.2, 0.25) is 0 Å². The van der Waals surface area contributed by atoms with Crippen LogP contribution in [0.5, 0.6) is 0 Å². The number of aromatic carboxylic acids is 1. The molecule has 0 unspecified atom stereocenters. The smallest absolute Gasteiger partial charge is 0.337 e. The molecule has 2 aromatic heterocycles. The van der Waals surface area contributed by atoms with Gasteiger partial charge in [0.1, 0.15) is 5.69 Å². The topological polar surface area (TPSA) is 107 Å². The van der Waals surface area contributed by atoms with Gasteiger partial charge in [0.15, 0.2) is 5.82 Å². The molecule has 1 aromatic carbocycles. The Hall–Kier alpha value is -3.22. The second-order valence-corrected chi connectivity index (χ2v) is 4.29. The molecule has 21 heavy (non-hydrogen) atoms. The van der Waals surface area contributed by atoms with Crippen molar-refractivity contribution in [3.8, 4) is 16.9 Å². The van der Waals surface area contributed by atoms with Gasteiger partial charge < -0.3 is 10.8 Å². The van der Waals surface area contributed by atoms with Crippen LogP contribution in [0.3, 0.4) is 0 Å². The summed E-state index contributed by atoms with van der Waals surface area (Å²) >= 11 is 0. The number of para-hydroxylation sites is 1. The molecule has 7 heteroatoms. The molecular weight excluding hydrogens is 270 g/mol. The van der Waals surface area contributed by atoms with Crippen LogP contribution in [0.2, 0.25) is 0 Å². The Morgan fingerprint density at radius 3 is 2.57 bits per heavy atom. The second-order valence-electron chi connectivity index (χ2n) is 4.29. The number of carboxylic acids is 1. The van der Waals surface area contributed by atoms with Crippen LogP contribution in [0.15, 0.2) is 48.8 Å². The van der Waals surface area contributed by atoms with Crippen molar-refractivity contribution in [2.75, 3.05) is 5.73 Å². The average molecular weight is 281 g/mol. The fourth-order valence-electron chi connectivity index (χ4n) is 2.02. The van der Waals surface area contributed by atoms with Crippen LogP contribution in [-0.4, -0.2) is 31.1 Å². The zero-order valence-corrected chi connectivity index (χ0v) is 10.8. The Morgan fingerprint density at radius 1 is 1.14 bits per heavy atom. The van der Waals surface area contributed by atoms with Crippen LogP contribution in [0.25, 0.3) is 16.9 Å². The molecule has 2 heterocycles. The number of nitrogen functional groups attached to an aromatic ring is 1. The molecule has 7 nitrogen and oxygen atoms in total. The molecule has 0 saturated carbocycles. The molecule has 0 spiro atoms. The van der Waals surface area contributed by atoms with Gasteiger partial charge in [-0.15, -0.1) is 5.10 Å². The molecule has 3 N–H and O–H groups in total. The van der Waals surface area contributed by atoms with E-state index in [2.05, 4.69) is 15.3 Å². The molecule has 3 aromatic rings. The van der Waals surface area contributed by atoms with Crippen molar-refractivity contribution < 1.29 is 9.90 Å². The van der Waals surface area contributed by atoms with Crippen LogP contribution in [0.1, 0.15) is 10.4 Å². The van der Waals surface area contributed by atoms with E-state index in [-0.39, 0.29) is 11.4 Å². The van der Waals surface area contributed by atoms with Crippen molar-refractivity contribution in [1.82, 2.24) is 20.0 Å². The number of nitrogens with zero attached hydrogens (tertiary/aromatic N) is 4. The lowest BCUT2D eigenvalue weighted by Crippen LogP contribution is -2.09. The minimum Gasteiger partial charge on any atom is -0.478 e. The summed E-state index contributed by atoms with van der Waals surface area (Å²) in [6.07, 6.45) is 3.25. The van der Waals surface area contributed by atoms with Crippen LogP contribution >= 0.6 is 0 Å². The van der Waals surface area contributed by atoms with E-state index in [0.29, 0.717) is 11.4 Å². The largest absolute Gasteiger partial charge is 0.478 e. The van der Waals surface area contributed by atoms with Gasteiger partial charge in [-0.05, 0) is 24.3 Å². The molecule has 0 saturated heterocycles. The number of carboxylic acid groups (broad SMARTS) is 1. The van der Waals surface area contributed by atoms with Gasteiger partial charge in [0.05, 0.1) is 11.3 Å². The van der Waals surface area contributed by atoms with Crippen LogP contribution in [0, 0.1) is 0 Å². The maximum Gasteiger partial charge on any atom is 0.337 e. The summed E-state index contributed by atoms with van der Waals surface area (Å²) < 4.78 is 1.32. The highest BCUT2D eigenvalue weighted by molar-refractivity contribution is 5.92. The predicted molar refractivity (Wildman–Crippen MR) is 76.0 cm³/mol. The molecule has 0 aliphatic carbocycles. The molecule has 0 radical (unpaired) electrons. The highest BCUT2D eigenvalue weighted by atomic mass is 16.4. The van der Waals surface area contributed by atoms with Crippen molar-refractivity contribution >= 4 is 11.8 Å². The summed E-state index contributed by atoms with van der Waals surface area (Å²) in [5.74, 6) is -0.777. The van der Waals surface area contributed by atoms with Crippen molar-refractivity contribution in [1.29, 1.82) is 0 Å². The lowest BCUT2D eigenvalue weighted by molar-refractivity contribution is 0.0697. The monoisotopic (exact) mass is 281 g/mol. The third kappa shape index (κ3) is 2.20. The first-order chi connectivity index (χ1) is 10.2. The van der Waals surface area contributed by atoms with E-state index in [1.807, 2.05) is 0 Å². The quantitative estimate of drug-likeness (QED) is 0.755. The van der Waals surface area contributed by atoms with Crippen LogP contribution in [0.4, 0.5) is 5.82 Å². The van der Waals surface area contributed by atoms with E-state index in [0.717, 1.165) is 5.56 Å². The summed E-state index contributed by atoms with van der Waals surface area (Å²) in [6, 6.07) is 10.00.